The van der Waals surface area contributed by atoms with Gasteiger partial charge >= 0.3 is 0 Å². The van der Waals surface area contributed by atoms with Crippen molar-refractivity contribution in [2.45, 2.75) is 13.3 Å². The van der Waals surface area contributed by atoms with Gasteiger partial charge in [0, 0.05) is 23.7 Å². The quantitative estimate of drug-likeness (QED) is 0.867. The van der Waals surface area contributed by atoms with Crippen LogP contribution < -0.4 is 10.6 Å². The predicted molar refractivity (Wildman–Crippen MR) is 65.8 cm³/mol. The zero-order valence-corrected chi connectivity index (χ0v) is 10.2. The van der Waals surface area contributed by atoms with Crippen molar-refractivity contribution in [3.05, 3.63) is 28.8 Å². The van der Waals surface area contributed by atoms with E-state index in [0.29, 0.717) is 11.6 Å². The first-order valence-electron chi connectivity index (χ1n) is 5.35. The Morgan fingerprint density at radius 1 is 1.53 bits per heavy atom. The third-order valence-corrected chi connectivity index (χ3v) is 3.22. The zero-order valence-electron chi connectivity index (χ0n) is 9.44. The van der Waals surface area contributed by atoms with Gasteiger partial charge in [-0.05, 0) is 24.6 Å². The van der Waals surface area contributed by atoms with Gasteiger partial charge in [0.2, 0.25) is 11.8 Å². The van der Waals surface area contributed by atoms with Crippen LogP contribution in [-0.4, -0.2) is 18.4 Å². The normalized spacial score (nSPS) is 19.8. The summed E-state index contributed by atoms with van der Waals surface area (Å²) in [6, 6.07) is 5.35. The van der Waals surface area contributed by atoms with E-state index in [9.17, 15) is 9.59 Å². The summed E-state index contributed by atoms with van der Waals surface area (Å²) in [6.07, 6.45) is 0.182. The summed E-state index contributed by atoms with van der Waals surface area (Å²) in [6.45, 7) is 2.24. The Balaban J connectivity index is 2.32. The largest absolute Gasteiger partial charge is 0.369 e. The molecule has 1 aromatic rings. The van der Waals surface area contributed by atoms with Crippen molar-refractivity contribution in [1.29, 1.82) is 0 Å². The van der Waals surface area contributed by atoms with Crippen LogP contribution in [0.4, 0.5) is 5.69 Å². The molecule has 1 saturated heterocycles. The maximum Gasteiger partial charge on any atom is 0.227 e. The van der Waals surface area contributed by atoms with Gasteiger partial charge in [0.15, 0.2) is 0 Å². The first kappa shape index (κ1) is 11.9. The number of hydrogen-bond donors (Lipinski definition) is 1. The van der Waals surface area contributed by atoms with E-state index in [4.69, 9.17) is 17.3 Å². The molecular formula is C12H13ClN2O2. The summed E-state index contributed by atoms with van der Waals surface area (Å²) in [5, 5.41) is 0.570. The molecule has 1 aromatic carbocycles. The van der Waals surface area contributed by atoms with Crippen molar-refractivity contribution in [3.8, 4) is 0 Å². The summed E-state index contributed by atoms with van der Waals surface area (Å²) < 4.78 is 0. The lowest BCUT2D eigenvalue weighted by molar-refractivity contribution is -0.123. The average Bonchev–Trinajstić information content (AvgIpc) is 2.64. The van der Waals surface area contributed by atoms with Gasteiger partial charge in [-0.25, -0.2) is 0 Å². The first-order valence-corrected chi connectivity index (χ1v) is 5.72. The summed E-state index contributed by atoms with van der Waals surface area (Å²) >= 11 is 5.91. The van der Waals surface area contributed by atoms with E-state index in [1.54, 1.807) is 17.0 Å². The molecular weight excluding hydrogens is 240 g/mol. The molecule has 5 heteroatoms. The van der Waals surface area contributed by atoms with Crippen molar-refractivity contribution in [2.75, 3.05) is 11.4 Å². The minimum atomic E-state index is -0.430. The monoisotopic (exact) mass is 252 g/mol. The number of carbonyl (C=O) groups excluding carboxylic acids is 2. The van der Waals surface area contributed by atoms with Gasteiger partial charge < -0.3 is 10.6 Å². The van der Waals surface area contributed by atoms with E-state index in [2.05, 4.69) is 0 Å². The van der Waals surface area contributed by atoms with Crippen molar-refractivity contribution < 1.29 is 9.59 Å². The molecule has 2 N–H and O–H groups in total. The molecule has 0 bridgehead atoms. The number of halogens is 1. The average molecular weight is 253 g/mol. The Hall–Kier alpha value is -1.55. The van der Waals surface area contributed by atoms with Crippen LogP contribution in [0.3, 0.4) is 0 Å². The highest BCUT2D eigenvalue weighted by Crippen LogP contribution is 2.29. The summed E-state index contributed by atoms with van der Waals surface area (Å²) in [4.78, 5) is 24.5. The molecule has 1 fully saturated rings. The molecule has 0 saturated carbocycles. The number of amides is 2. The van der Waals surface area contributed by atoms with E-state index in [-0.39, 0.29) is 12.3 Å². The minimum Gasteiger partial charge on any atom is -0.369 e. The highest BCUT2D eigenvalue weighted by Gasteiger charge is 2.34. The van der Waals surface area contributed by atoms with Gasteiger partial charge in [-0.3, -0.25) is 9.59 Å². The van der Waals surface area contributed by atoms with E-state index in [0.717, 1.165) is 11.3 Å². The second-order valence-corrected chi connectivity index (χ2v) is 4.68. The predicted octanol–water partition coefficient (Wildman–Crippen LogP) is 1.49. The van der Waals surface area contributed by atoms with Gasteiger partial charge in [-0.1, -0.05) is 17.7 Å². The Bertz CT molecular complexity index is 487. The van der Waals surface area contributed by atoms with Crippen LogP contribution in [0.2, 0.25) is 5.02 Å². The fourth-order valence-corrected chi connectivity index (χ4v) is 2.17. The molecule has 17 heavy (non-hydrogen) atoms. The number of nitrogens with zero attached hydrogens (tertiary/aromatic N) is 1. The highest BCUT2D eigenvalue weighted by molar-refractivity contribution is 6.31. The van der Waals surface area contributed by atoms with Gasteiger partial charge in [0.1, 0.15) is 0 Å². The van der Waals surface area contributed by atoms with Crippen LogP contribution >= 0.6 is 11.6 Å². The molecule has 1 unspecified atom stereocenters. The Morgan fingerprint density at radius 2 is 2.24 bits per heavy atom. The number of benzene rings is 1. The van der Waals surface area contributed by atoms with Gasteiger partial charge in [0.05, 0.1) is 5.92 Å². The molecule has 1 atom stereocenters. The number of hydrogen-bond acceptors (Lipinski definition) is 2. The number of nitrogens with two attached hydrogens (primary N) is 1. The lowest BCUT2D eigenvalue weighted by Crippen LogP contribution is -2.28. The van der Waals surface area contributed by atoms with E-state index in [1.807, 2.05) is 13.0 Å². The summed E-state index contributed by atoms with van der Waals surface area (Å²) in [5.74, 6) is -0.916. The number of anilines is 1. The number of carbonyl (C=O) groups is 2. The lowest BCUT2D eigenvalue weighted by atomic mass is 10.1. The van der Waals surface area contributed by atoms with Crippen molar-refractivity contribution in [1.82, 2.24) is 0 Å². The fourth-order valence-electron chi connectivity index (χ4n) is 2.00. The maximum absolute atomic E-state index is 11.8. The highest BCUT2D eigenvalue weighted by atomic mass is 35.5. The van der Waals surface area contributed by atoms with Crippen LogP contribution in [0.15, 0.2) is 18.2 Å². The molecule has 90 valence electrons. The third-order valence-electron chi connectivity index (χ3n) is 2.99. The van der Waals surface area contributed by atoms with Crippen LogP contribution in [-0.2, 0) is 9.59 Å². The number of aryl methyl sites for hydroxylation is 1. The molecule has 1 aliphatic rings. The smallest absolute Gasteiger partial charge is 0.227 e. The molecule has 2 rings (SSSR count). The minimum absolute atomic E-state index is 0.0841. The van der Waals surface area contributed by atoms with Crippen LogP contribution in [0.1, 0.15) is 12.0 Å². The summed E-state index contributed by atoms with van der Waals surface area (Å²) in [7, 11) is 0. The molecule has 0 aliphatic carbocycles. The molecule has 2 amide bonds. The van der Waals surface area contributed by atoms with Crippen molar-refractivity contribution >= 4 is 29.1 Å². The molecule has 4 nitrogen and oxygen atoms in total. The SMILES string of the molecule is Cc1ccc(Cl)cc1N1CC(C(N)=O)CC1=O. The molecule has 0 radical (unpaired) electrons. The second kappa shape index (κ2) is 4.37. The molecule has 0 aromatic heterocycles. The molecule has 1 heterocycles. The van der Waals surface area contributed by atoms with Gasteiger partial charge in [-0.2, -0.15) is 0 Å². The Labute approximate surface area is 104 Å². The topological polar surface area (TPSA) is 63.4 Å². The van der Waals surface area contributed by atoms with E-state index in [1.165, 1.54) is 0 Å². The van der Waals surface area contributed by atoms with Crippen molar-refractivity contribution in [2.24, 2.45) is 11.7 Å². The summed E-state index contributed by atoms with van der Waals surface area (Å²) in [5.41, 5.74) is 6.93. The second-order valence-electron chi connectivity index (χ2n) is 4.24. The maximum atomic E-state index is 11.8. The first-order chi connectivity index (χ1) is 7.99. The number of rotatable bonds is 2. The Morgan fingerprint density at radius 3 is 2.82 bits per heavy atom. The van der Waals surface area contributed by atoms with Crippen molar-refractivity contribution in [3.63, 3.8) is 0 Å². The standard InChI is InChI=1S/C12H13ClN2O2/c1-7-2-3-9(13)5-10(7)15-6-8(12(14)17)4-11(15)16/h2-3,5,8H,4,6H2,1H3,(H2,14,17). The lowest BCUT2D eigenvalue weighted by Gasteiger charge is -2.19. The van der Waals surface area contributed by atoms with Gasteiger partial charge in [0.25, 0.3) is 0 Å². The fraction of sp³-hybridized carbons (Fsp3) is 0.333. The number of primary amides is 1. The van der Waals surface area contributed by atoms with Gasteiger partial charge in [-0.15, -0.1) is 0 Å². The Kier molecular flexibility index (Phi) is 3.07. The van der Waals surface area contributed by atoms with Crippen LogP contribution in [0.5, 0.6) is 0 Å². The van der Waals surface area contributed by atoms with Crippen LogP contribution in [0.25, 0.3) is 0 Å². The molecule has 1 aliphatic heterocycles. The van der Waals surface area contributed by atoms with E-state index >= 15 is 0 Å². The van der Waals surface area contributed by atoms with E-state index < -0.39 is 11.8 Å². The zero-order chi connectivity index (χ0) is 12.6. The van der Waals surface area contributed by atoms with Crippen LogP contribution in [0, 0.1) is 12.8 Å². The molecule has 0 spiro atoms. The third kappa shape index (κ3) is 2.26.